The van der Waals surface area contributed by atoms with Gasteiger partial charge in [-0.25, -0.2) is 0 Å². The molecule has 0 heterocycles. The maximum atomic E-state index is 11.7. The van der Waals surface area contributed by atoms with Crippen molar-refractivity contribution >= 4 is 5.91 Å². The van der Waals surface area contributed by atoms with Crippen LogP contribution in [0.5, 0.6) is 0 Å². The van der Waals surface area contributed by atoms with Gasteiger partial charge in [-0.15, -0.1) is 0 Å². The first-order chi connectivity index (χ1) is 8.95. The summed E-state index contributed by atoms with van der Waals surface area (Å²) in [6.07, 6.45) is 5.93. The average molecular weight is 270 g/mol. The fourth-order valence-electron chi connectivity index (χ4n) is 2.72. The van der Waals surface area contributed by atoms with Crippen molar-refractivity contribution in [1.29, 1.82) is 0 Å². The molecule has 0 radical (unpaired) electrons. The lowest BCUT2D eigenvalue weighted by Crippen LogP contribution is -2.47. The minimum Gasteiger partial charge on any atom is -0.389 e. The number of amides is 1. The van der Waals surface area contributed by atoms with Crippen LogP contribution in [0.15, 0.2) is 0 Å². The topological polar surface area (TPSA) is 61.4 Å². The molecule has 1 rings (SSSR count). The summed E-state index contributed by atoms with van der Waals surface area (Å²) in [5, 5.41) is 16.4. The van der Waals surface area contributed by atoms with Gasteiger partial charge in [-0.2, -0.15) is 0 Å². The van der Waals surface area contributed by atoms with Gasteiger partial charge >= 0.3 is 0 Å². The predicted molar refractivity (Wildman–Crippen MR) is 78.0 cm³/mol. The maximum Gasteiger partial charge on any atom is 0.234 e. The first kappa shape index (κ1) is 16.4. The summed E-state index contributed by atoms with van der Waals surface area (Å²) < 4.78 is 0. The summed E-state index contributed by atoms with van der Waals surface area (Å²) in [5.74, 6) is 0.743. The Balaban J connectivity index is 2.17. The lowest BCUT2D eigenvalue weighted by Gasteiger charge is -2.35. The van der Waals surface area contributed by atoms with Crippen molar-refractivity contribution in [3.63, 3.8) is 0 Å². The van der Waals surface area contributed by atoms with Gasteiger partial charge < -0.3 is 15.7 Å². The van der Waals surface area contributed by atoms with Gasteiger partial charge in [0.2, 0.25) is 5.91 Å². The molecule has 0 aliphatic heterocycles. The summed E-state index contributed by atoms with van der Waals surface area (Å²) >= 11 is 0. The number of rotatable bonds is 7. The van der Waals surface area contributed by atoms with Crippen molar-refractivity contribution in [3.8, 4) is 0 Å². The van der Waals surface area contributed by atoms with E-state index in [1.165, 1.54) is 0 Å². The zero-order chi connectivity index (χ0) is 14.3. The smallest absolute Gasteiger partial charge is 0.234 e. The van der Waals surface area contributed by atoms with E-state index in [4.69, 9.17) is 0 Å². The fourth-order valence-corrected chi connectivity index (χ4v) is 2.72. The van der Waals surface area contributed by atoms with Gasteiger partial charge in [0.1, 0.15) is 0 Å². The molecule has 0 spiro atoms. The van der Waals surface area contributed by atoms with E-state index < -0.39 is 5.60 Å². The Kier molecular flexibility index (Phi) is 6.80. The van der Waals surface area contributed by atoms with Gasteiger partial charge in [-0.1, -0.05) is 20.3 Å². The Bertz CT molecular complexity index is 273. The molecule has 0 bridgehead atoms. The van der Waals surface area contributed by atoms with Gasteiger partial charge in [0.25, 0.3) is 0 Å². The average Bonchev–Trinajstić information content (AvgIpc) is 2.33. The number of carbonyl (C=O) groups excluding carboxylic acids is 1. The molecule has 1 amide bonds. The van der Waals surface area contributed by atoms with Gasteiger partial charge in [-0.3, -0.25) is 4.79 Å². The van der Waals surface area contributed by atoms with Gasteiger partial charge in [0.05, 0.1) is 12.1 Å². The minimum atomic E-state index is -0.609. The monoisotopic (exact) mass is 270 g/mol. The first-order valence-electron chi connectivity index (χ1n) is 7.67. The standard InChI is InChI=1S/C15H30N2O2/c1-4-5-13(3)17-14(18)10-16-11-15(19)8-6-12(2)7-9-15/h12-13,16,19H,4-11H2,1-3H3,(H,17,18). The SMILES string of the molecule is CCCC(C)NC(=O)CNCC1(O)CCC(C)CC1. The van der Waals surface area contributed by atoms with E-state index in [1.54, 1.807) is 0 Å². The van der Waals surface area contributed by atoms with E-state index in [-0.39, 0.29) is 11.9 Å². The summed E-state index contributed by atoms with van der Waals surface area (Å²) in [7, 11) is 0. The van der Waals surface area contributed by atoms with E-state index in [1.807, 2.05) is 6.92 Å². The zero-order valence-corrected chi connectivity index (χ0v) is 12.7. The van der Waals surface area contributed by atoms with Gasteiger partial charge in [0, 0.05) is 12.6 Å². The van der Waals surface area contributed by atoms with Crippen LogP contribution in [-0.4, -0.2) is 35.7 Å². The molecule has 112 valence electrons. The molecule has 0 aromatic carbocycles. The molecule has 1 unspecified atom stereocenters. The van der Waals surface area contributed by atoms with E-state index in [2.05, 4.69) is 24.5 Å². The molecule has 0 aromatic rings. The van der Waals surface area contributed by atoms with Crippen LogP contribution in [0.3, 0.4) is 0 Å². The Morgan fingerprint density at radius 3 is 2.63 bits per heavy atom. The highest BCUT2D eigenvalue weighted by molar-refractivity contribution is 5.78. The Morgan fingerprint density at radius 2 is 2.05 bits per heavy atom. The third kappa shape index (κ3) is 6.39. The Labute approximate surface area is 117 Å². The van der Waals surface area contributed by atoms with Crippen LogP contribution < -0.4 is 10.6 Å². The molecule has 0 aromatic heterocycles. The van der Waals surface area contributed by atoms with Crippen molar-refractivity contribution < 1.29 is 9.90 Å². The fraction of sp³-hybridized carbons (Fsp3) is 0.933. The van der Waals surface area contributed by atoms with Crippen molar-refractivity contribution in [3.05, 3.63) is 0 Å². The molecular formula is C15H30N2O2. The van der Waals surface area contributed by atoms with Crippen molar-refractivity contribution in [2.75, 3.05) is 13.1 Å². The van der Waals surface area contributed by atoms with E-state index in [0.29, 0.717) is 13.1 Å². The number of hydrogen-bond donors (Lipinski definition) is 3. The molecule has 19 heavy (non-hydrogen) atoms. The van der Waals surface area contributed by atoms with Crippen LogP contribution in [0.2, 0.25) is 0 Å². The highest BCUT2D eigenvalue weighted by atomic mass is 16.3. The molecule has 4 nitrogen and oxygen atoms in total. The van der Waals surface area contributed by atoms with Crippen LogP contribution in [-0.2, 0) is 4.79 Å². The normalized spacial score (nSPS) is 28.9. The van der Waals surface area contributed by atoms with Gasteiger partial charge in [0.15, 0.2) is 0 Å². The van der Waals surface area contributed by atoms with Crippen molar-refractivity contribution in [1.82, 2.24) is 10.6 Å². The second-order valence-electron chi connectivity index (χ2n) is 6.27. The van der Waals surface area contributed by atoms with Crippen LogP contribution in [0.1, 0.15) is 59.3 Å². The molecule has 1 fully saturated rings. The quantitative estimate of drug-likeness (QED) is 0.661. The zero-order valence-electron chi connectivity index (χ0n) is 12.7. The highest BCUT2D eigenvalue weighted by Crippen LogP contribution is 2.31. The van der Waals surface area contributed by atoms with Crippen LogP contribution in [0.25, 0.3) is 0 Å². The third-order valence-corrected chi connectivity index (χ3v) is 4.07. The predicted octanol–water partition coefficient (Wildman–Crippen LogP) is 1.82. The molecule has 3 N–H and O–H groups in total. The number of carbonyl (C=O) groups is 1. The lowest BCUT2D eigenvalue weighted by atomic mass is 9.79. The van der Waals surface area contributed by atoms with E-state index in [0.717, 1.165) is 44.4 Å². The maximum absolute atomic E-state index is 11.7. The Hall–Kier alpha value is -0.610. The van der Waals surface area contributed by atoms with Crippen molar-refractivity contribution in [2.24, 2.45) is 5.92 Å². The molecule has 1 saturated carbocycles. The number of nitrogens with one attached hydrogen (secondary N) is 2. The Morgan fingerprint density at radius 1 is 1.42 bits per heavy atom. The second-order valence-corrected chi connectivity index (χ2v) is 6.27. The molecular weight excluding hydrogens is 240 g/mol. The summed E-state index contributed by atoms with van der Waals surface area (Å²) in [4.78, 5) is 11.7. The largest absolute Gasteiger partial charge is 0.389 e. The number of hydrogen-bond acceptors (Lipinski definition) is 3. The summed E-state index contributed by atoms with van der Waals surface area (Å²) in [6, 6.07) is 0.234. The van der Waals surface area contributed by atoms with E-state index >= 15 is 0 Å². The molecule has 1 aliphatic carbocycles. The lowest BCUT2D eigenvalue weighted by molar-refractivity contribution is -0.121. The van der Waals surface area contributed by atoms with Crippen LogP contribution in [0, 0.1) is 5.92 Å². The summed E-state index contributed by atoms with van der Waals surface area (Å²) in [5.41, 5.74) is -0.609. The summed E-state index contributed by atoms with van der Waals surface area (Å²) in [6.45, 7) is 7.19. The molecule has 1 atom stereocenters. The van der Waals surface area contributed by atoms with Crippen LogP contribution >= 0.6 is 0 Å². The van der Waals surface area contributed by atoms with Crippen LogP contribution in [0.4, 0.5) is 0 Å². The van der Waals surface area contributed by atoms with Gasteiger partial charge in [-0.05, 0) is 44.9 Å². The molecule has 4 heteroatoms. The second kappa shape index (κ2) is 7.85. The van der Waals surface area contributed by atoms with E-state index in [9.17, 15) is 9.90 Å². The molecule has 1 aliphatic rings. The first-order valence-corrected chi connectivity index (χ1v) is 7.67. The number of aliphatic hydroxyl groups is 1. The molecule has 0 saturated heterocycles. The van der Waals surface area contributed by atoms with Crippen molar-refractivity contribution in [2.45, 2.75) is 70.9 Å². The highest BCUT2D eigenvalue weighted by Gasteiger charge is 2.31. The minimum absolute atomic E-state index is 0.0220. The third-order valence-electron chi connectivity index (χ3n) is 4.07.